The molecule has 0 saturated heterocycles. The fraction of sp³-hybridized carbons (Fsp3) is 0.524. The molecule has 4 rings (SSSR count). The zero-order valence-electron chi connectivity index (χ0n) is 14.8. The zero-order chi connectivity index (χ0) is 17.4. The molecule has 0 spiro atoms. The molecule has 2 unspecified atom stereocenters. The second kappa shape index (κ2) is 7.00. The van der Waals surface area contributed by atoms with Crippen LogP contribution < -0.4 is 5.32 Å². The summed E-state index contributed by atoms with van der Waals surface area (Å²) in [4.78, 5) is 2.95. The van der Waals surface area contributed by atoms with Gasteiger partial charge in [0.1, 0.15) is 0 Å². The predicted octanol–water partition coefficient (Wildman–Crippen LogP) is 4.83. The van der Waals surface area contributed by atoms with E-state index in [-0.39, 0.29) is 11.5 Å². The Bertz CT molecular complexity index is 767. The van der Waals surface area contributed by atoms with Crippen LogP contribution in [0.3, 0.4) is 0 Å². The van der Waals surface area contributed by atoms with Crippen molar-refractivity contribution >= 4 is 11.3 Å². The third-order valence-electron chi connectivity index (χ3n) is 5.73. The van der Waals surface area contributed by atoms with Gasteiger partial charge in [0, 0.05) is 28.3 Å². The van der Waals surface area contributed by atoms with Gasteiger partial charge in [0.25, 0.3) is 0 Å². The van der Waals surface area contributed by atoms with Crippen molar-refractivity contribution in [2.75, 3.05) is 0 Å². The van der Waals surface area contributed by atoms with Gasteiger partial charge >= 0.3 is 0 Å². The first-order chi connectivity index (χ1) is 12.2. The smallest absolute Gasteiger partial charge is 0.157 e. The second-order valence-electron chi connectivity index (χ2n) is 7.45. The lowest BCUT2D eigenvalue weighted by Gasteiger charge is -2.38. The Balaban J connectivity index is 1.64. The van der Waals surface area contributed by atoms with Gasteiger partial charge < -0.3 is 15.5 Å². The Labute approximate surface area is 153 Å². The average molecular weight is 358 g/mol. The van der Waals surface area contributed by atoms with E-state index in [9.17, 15) is 10.2 Å². The predicted molar refractivity (Wildman–Crippen MR) is 103 cm³/mol. The largest absolute Gasteiger partial charge is 0.504 e. The summed E-state index contributed by atoms with van der Waals surface area (Å²) in [6.45, 7) is 3.22. The van der Waals surface area contributed by atoms with E-state index >= 15 is 0 Å². The Kier molecular flexibility index (Phi) is 4.74. The fourth-order valence-corrected chi connectivity index (χ4v) is 5.62. The van der Waals surface area contributed by atoms with E-state index in [1.165, 1.54) is 58.5 Å². The lowest BCUT2D eigenvalue weighted by Crippen LogP contribution is -2.41. The summed E-state index contributed by atoms with van der Waals surface area (Å²) in [7, 11) is 0. The molecule has 0 bridgehead atoms. The highest BCUT2D eigenvalue weighted by Gasteiger charge is 2.36. The number of thiophene rings is 1. The summed E-state index contributed by atoms with van der Waals surface area (Å²) in [6, 6.07) is 6.40. The van der Waals surface area contributed by atoms with Crippen molar-refractivity contribution in [3.05, 3.63) is 44.6 Å². The molecule has 2 atom stereocenters. The molecule has 0 amide bonds. The van der Waals surface area contributed by atoms with Crippen LogP contribution in [0.4, 0.5) is 0 Å². The van der Waals surface area contributed by atoms with Crippen LogP contribution in [-0.4, -0.2) is 16.3 Å². The number of fused-ring (bicyclic) bond motifs is 5. The number of rotatable bonds is 5. The first kappa shape index (κ1) is 16.9. The van der Waals surface area contributed by atoms with Crippen LogP contribution in [0.1, 0.15) is 71.4 Å². The van der Waals surface area contributed by atoms with Crippen molar-refractivity contribution < 1.29 is 10.2 Å². The molecule has 0 radical (unpaired) electrons. The first-order valence-corrected chi connectivity index (χ1v) is 10.4. The number of aryl methyl sites for hydroxylation is 2. The molecule has 1 aromatic carbocycles. The van der Waals surface area contributed by atoms with Gasteiger partial charge in [0.2, 0.25) is 0 Å². The van der Waals surface area contributed by atoms with Crippen molar-refractivity contribution in [2.45, 2.75) is 70.4 Å². The monoisotopic (exact) mass is 357 g/mol. The number of hydrogen-bond acceptors (Lipinski definition) is 4. The molecule has 25 heavy (non-hydrogen) atoms. The van der Waals surface area contributed by atoms with Crippen LogP contribution in [0.5, 0.6) is 11.5 Å². The standard InChI is InChI=1S/C21H27NO2S/c1-2-3-4-5-6-14-10-16-20(25-14)12-22-17-8-7-13-9-18(23)19(24)11-15(13)21(16)17/h9-11,17,21-24H,2-8,12H2,1H3. The fourth-order valence-electron chi connectivity index (χ4n) is 4.42. The number of phenolic OH excluding ortho intramolecular Hbond substituents is 2. The molecule has 3 nitrogen and oxygen atoms in total. The number of aromatic hydroxyl groups is 2. The molecule has 0 fully saturated rings. The van der Waals surface area contributed by atoms with E-state index in [2.05, 4.69) is 18.3 Å². The third kappa shape index (κ3) is 3.18. The van der Waals surface area contributed by atoms with Gasteiger partial charge in [-0.25, -0.2) is 0 Å². The summed E-state index contributed by atoms with van der Waals surface area (Å²) >= 11 is 1.96. The minimum atomic E-state index is 0.00143. The molecule has 3 N–H and O–H groups in total. The van der Waals surface area contributed by atoms with Gasteiger partial charge in [-0.15, -0.1) is 11.3 Å². The van der Waals surface area contributed by atoms with E-state index in [0.717, 1.165) is 19.4 Å². The molecule has 1 aliphatic carbocycles. The number of hydrogen-bond donors (Lipinski definition) is 3. The molecule has 2 heterocycles. The first-order valence-electron chi connectivity index (χ1n) is 9.57. The van der Waals surface area contributed by atoms with E-state index in [0.29, 0.717) is 12.0 Å². The van der Waals surface area contributed by atoms with E-state index in [1.807, 2.05) is 11.3 Å². The van der Waals surface area contributed by atoms with Crippen molar-refractivity contribution in [3.63, 3.8) is 0 Å². The van der Waals surface area contributed by atoms with Gasteiger partial charge in [-0.05, 0) is 60.6 Å². The lowest BCUT2D eigenvalue weighted by atomic mass is 9.74. The summed E-state index contributed by atoms with van der Waals surface area (Å²) in [5, 5.41) is 23.6. The maximum Gasteiger partial charge on any atom is 0.157 e. The number of phenols is 2. The van der Waals surface area contributed by atoms with E-state index in [1.54, 1.807) is 12.1 Å². The van der Waals surface area contributed by atoms with Crippen LogP contribution in [0.2, 0.25) is 0 Å². The number of unbranched alkanes of at least 4 members (excludes halogenated alkanes) is 3. The van der Waals surface area contributed by atoms with Crippen LogP contribution in [-0.2, 0) is 19.4 Å². The Morgan fingerprint density at radius 1 is 1.08 bits per heavy atom. The maximum absolute atomic E-state index is 10.0. The lowest BCUT2D eigenvalue weighted by molar-refractivity contribution is 0.382. The molecule has 1 aromatic heterocycles. The van der Waals surface area contributed by atoms with Crippen molar-refractivity contribution in [1.29, 1.82) is 0 Å². The second-order valence-corrected chi connectivity index (χ2v) is 8.67. The molecule has 134 valence electrons. The van der Waals surface area contributed by atoms with Crippen molar-refractivity contribution in [1.82, 2.24) is 5.32 Å². The van der Waals surface area contributed by atoms with Crippen molar-refractivity contribution in [2.24, 2.45) is 0 Å². The summed E-state index contributed by atoms with van der Waals surface area (Å²) in [5.74, 6) is 0.310. The minimum absolute atomic E-state index is 0.00143. The summed E-state index contributed by atoms with van der Waals surface area (Å²) in [5.41, 5.74) is 3.82. The van der Waals surface area contributed by atoms with Gasteiger partial charge in [-0.3, -0.25) is 0 Å². The van der Waals surface area contributed by atoms with Gasteiger partial charge in [-0.2, -0.15) is 0 Å². The molecule has 4 heteroatoms. The quantitative estimate of drug-likeness (QED) is 0.530. The molecule has 1 aliphatic heterocycles. The van der Waals surface area contributed by atoms with E-state index in [4.69, 9.17) is 0 Å². The highest BCUT2D eigenvalue weighted by molar-refractivity contribution is 7.12. The number of nitrogens with one attached hydrogen (secondary N) is 1. The van der Waals surface area contributed by atoms with Crippen molar-refractivity contribution in [3.8, 4) is 11.5 Å². The SMILES string of the molecule is CCCCCCc1cc2c(s1)CNC1CCc3cc(O)c(O)cc3C21. The highest BCUT2D eigenvalue weighted by atomic mass is 32.1. The highest BCUT2D eigenvalue weighted by Crippen LogP contribution is 2.46. The normalized spacial score (nSPS) is 21.5. The Hall–Kier alpha value is -1.52. The van der Waals surface area contributed by atoms with Gasteiger partial charge in [-0.1, -0.05) is 26.2 Å². The molecule has 2 aliphatic rings. The van der Waals surface area contributed by atoms with Crippen LogP contribution in [0, 0.1) is 0 Å². The number of benzene rings is 1. The summed E-state index contributed by atoms with van der Waals surface area (Å²) in [6.07, 6.45) is 8.43. The molecular formula is C21H27NO2S. The van der Waals surface area contributed by atoms with E-state index < -0.39 is 0 Å². The molecular weight excluding hydrogens is 330 g/mol. The molecule has 2 aromatic rings. The Morgan fingerprint density at radius 2 is 1.92 bits per heavy atom. The zero-order valence-corrected chi connectivity index (χ0v) is 15.7. The molecule has 0 saturated carbocycles. The van der Waals surface area contributed by atoms with Gasteiger partial charge in [0.15, 0.2) is 11.5 Å². The maximum atomic E-state index is 10.0. The topological polar surface area (TPSA) is 52.5 Å². The summed E-state index contributed by atoms with van der Waals surface area (Å²) < 4.78 is 0. The van der Waals surface area contributed by atoms with Crippen LogP contribution in [0.25, 0.3) is 0 Å². The Morgan fingerprint density at radius 3 is 2.76 bits per heavy atom. The van der Waals surface area contributed by atoms with Crippen LogP contribution >= 0.6 is 11.3 Å². The van der Waals surface area contributed by atoms with Crippen LogP contribution in [0.15, 0.2) is 18.2 Å². The third-order valence-corrected chi connectivity index (χ3v) is 6.94. The van der Waals surface area contributed by atoms with Gasteiger partial charge in [0.05, 0.1) is 0 Å². The minimum Gasteiger partial charge on any atom is -0.504 e. The average Bonchev–Trinajstić information content (AvgIpc) is 3.02.